The van der Waals surface area contributed by atoms with Gasteiger partial charge in [-0.15, -0.1) is 0 Å². The van der Waals surface area contributed by atoms with Crippen LogP contribution in [0.5, 0.6) is 17.5 Å². The number of hydrogen-bond donors (Lipinski definition) is 0. The fourth-order valence-corrected chi connectivity index (χ4v) is 6.61. The Hall–Kier alpha value is -3.99. The molecule has 1 amide bonds. The highest BCUT2D eigenvalue weighted by atomic mass is 32.2. The summed E-state index contributed by atoms with van der Waals surface area (Å²) >= 11 is 0. The molecule has 4 heterocycles. The van der Waals surface area contributed by atoms with Crippen molar-refractivity contribution in [1.29, 1.82) is 0 Å². The molecule has 3 atom stereocenters. The largest absolute Gasteiger partial charge is 0.474 e. The molecule has 2 aliphatic heterocycles. The van der Waals surface area contributed by atoms with Crippen LogP contribution in [-0.4, -0.2) is 59.2 Å². The summed E-state index contributed by atoms with van der Waals surface area (Å²) in [6.45, 7) is 7.26. The number of hydrogen-bond acceptors (Lipinski definition) is 9. The summed E-state index contributed by atoms with van der Waals surface area (Å²) in [5.74, 6) is 1.38. The molecule has 0 N–H and O–H groups in total. The number of aryl methyl sites for hydroxylation is 1. The van der Waals surface area contributed by atoms with Gasteiger partial charge >= 0.3 is 6.09 Å². The molecule has 0 aliphatic carbocycles. The molecule has 2 unspecified atom stereocenters. The number of pyridine rings is 1. The van der Waals surface area contributed by atoms with Crippen LogP contribution < -0.4 is 9.47 Å². The van der Waals surface area contributed by atoms with Gasteiger partial charge in [-0.25, -0.2) is 23.2 Å². The van der Waals surface area contributed by atoms with Crippen LogP contribution in [-0.2, 0) is 14.6 Å². The molecule has 210 valence electrons. The van der Waals surface area contributed by atoms with Crippen molar-refractivity contribution in [3.63, 3.8) is 0 Å². The minimum atomic E-state index is -3.66. The highest BCUT2D eigenvalue weighted by Gasteiger charge is 2.38. The van der Waals surface area contributed by atoms with E-state index in [4.69, 9.17) is 14.2 Å². The van der Waals surface area contributed by atoms with Crippen molar-refractivity contribution in [2.24, 2.45) is 0 Å². The summed E-state index contributed by atoms with van der Waals surface area (Å²) in [6.07, 6.45) is 5.99. The van der Waals surface area contributed by atoms with E-state index in [0.717, 1.165) is 18.5 Å². The smallest absolute Gasteiger partial charge is 0.410 e. The third-order valence-corrected chi connectivity index (χ3v) is 9.16. The molecule has 0 saturated carbocycles. The van der Waals surface area contributed by atoms with Gasteiger partial charge in [0, 0.05) is 24.7 Å². The maximum absolute atomic E-state index is 13.1. The number of sulfone groups is 1. The van der Waals surface area contributed by atoms with Crippen LogP contribution >= 0.6 is 0 Å². The van der Waals surface area contributed by atoms with Gasteiger partial charge in [-0.05, 0) is 70.4 Å². The lowest BCUT2D eigenvalue weighted by Gasteiger charge is -2.29. The van der Waals surface area contributed by atoms with Crippen LogP contribution in [0.2, 0.25) is 0 Å². The van der Waals surface area contributed by atoms with Gasteiger partial charge in [0.25, 0.3) is 0 Å². The second kappa shape index (κ2) is 11.2. The summed E-state index contributed by atoms with van der Waals surface area (Å²) in [7, 11) is -3.66. The lowest BCUT2D eigenvalue weighted by atomic mass is 10.1. The first-order chi connectivity index (χ1) is 19.1. The first-order valence-electron chi connectivity index (χ1n) is 13.2. The topological polar surface area (TPSA) is 121 Å². The average molecular weight is 565 g/mol. The van der Waals surface area contributed by atoms with Crippen molar-refractivity contribution in [2.75, 3.05) is 6.61 Å². The Morgan fingerprint density at radius 3 is 2.62 bits per heavy atom. The van der Waals surface area contributed by atoms with Crippen molar-refractivity contribution in [2.45, 2.75) is 70.0 Å². The highest BCUT2D eigenvalue weighted by molar-refractivity contribution is 7.95. The zero-order chi connectivity index (χ0) is 28.4. The maximum Gasteiger partial charge on any atom is 0.410 e. The molecule has 40 heavy (non-hydrogen) atoms. The van der Waals surface area contributed by atoms with E-state index >= 15 is 0 Å². The quantitative estimate of drug-likeness (QED) is 0.361. The number of amides is 1. The molecule has 11 heteroatoms. The Morgan fingerprint density at radius 2 is 1.85 bits per heavy atom. The van der Waals surface area contributed by atoms with Gasteiger partial charge in [0.1, 0.15) is 12.9 Å². The summed E-state index contributed by atoms with van der Waals surface area (Å²) in [5, 5.41) is 0. The van der Waals surface area contributed by atoms with E-state index in [0.29, 0.717) is 35.1 Å². The predicted molar refractivity (Wildman–Crippen MR) is 148 cm³/mol. The molecule has 1 saturated heterocycles. The van der Waals surface area contributed by atoms with E-state index in [-0.39, 0.29) is 34.6 Å². The molecule has 3 aromatic rings. The summed E-state index contributed by atoms with van der Waals surface area (Å²) in [6, 6.07) is 10.2. The third kappa shape index (κ3) is 5.51. The van der Waals surface area contributed by atoms with Gasteiger partial charge in [-0.2, -0.15) is 0 Å². The molecule has 2 aromatic heterocycles. The Bertz CT molecular complexity index is 1560. The van der Waals surface area contributed by atoms with E-state index in [1.807, 2.05) is 33.8 Å². The zero-order valence-corrected chi connectivity index (χ0v) is 23.7. The first-order valence-corrected chi connectivity index (χ1v) is 14.7. The van der Waals surface area contributed by atoms with E-state index in [1.165, 1.54) is 6.33 Å². The van der Waals surface area contributed by atoms with Crippen LogP contribution in [0.15, 0.2) is 58.7 Å². The maximum atomic E-state index is 13.1. The summed E-state index contributed by atoms with van der Waals surface area (Å²) in [4.78, 5) is 27.9. The van der Waals surface area contributed by atoms with Gasteiger partial charge in [0.15, 0.2) is 5.75 Å². The number of aromatic nitrogens is 3. The number of likely N-dealkylation sites (tertiary alicyclic amines) is 1. The van der Waals surface area contributed by atoms with E-state index in [2.05, 4.69) is 15.0 Å². The lowest BCUT2D eigenvalue weighted by Crippen LogP contribution is -2.42. The van der Waals surface area contributed by atoms with Crippen molar-refractivity contribution in [3.05, 3.63) is 70.6 Å². The minimum absolute atomic E-state index is 0.0421. The number of ether oxygens (including phenoxy) is 3. The molecule has 5 rings (SSSR count). The monoisotopic (exact) mass is 564 g/mol. The zero-order valence-electron chi connectivity index (χ0n) is 22.9. The Morgan fingerprint density at radius 1 is 1.07 bits per heavy atom. The molecule has 1 aromatic carbocycles. The molecule has 2 aliphatic rings. The molecule has 0 radical (unpaired) electrons. The Balaban J connectivity index is 1.21. The molecule has 0 spiro atoms. The van der Waals surface area contributed by atoms with Gasteiger partial charge in [-0.1, -0.05) is 18.2 Å². The van der Waals surface area contributed by atoms with Gasteiger partial charge in [-0.3, -0.25) is 4.98 Å². The van der Waals surface area contributed by atoms with Crippen molar-refractivity contribution < 1.29 is 27.4 Å². The van der Waals surface area contributed by atoms with E-state index < -0.39 is 15.9 Å². The number of fused-ring (bicyclic) bond motifs is 1. The van der Waals surface area contributed by atoms with Crippen LogP contribution in [0.4, 0.5) is 4.79 Å². The standard InChI is InChI=1S/C29H32N4O6S/c1-18-11-12-23(33(18)29(34)37-16-24-15-22-8-5-6-10-26(22)40(24,35)36)14-19(2)38-27-20(3)28(32-17-31-27)39-25-9-7-13-30-21(25)4/h5-10,13,15,17-19,23H,11-12,14,16H2,1-4H3/t18?,19-,23?/m1/s1. The van der Waals surface area contributed by atoms with E-state index in [1.54, 1.807) is 47.5 Å². The minimum Gasteiger partial charge on any atom is -0.474 e. The van der Waals surface area contributed by atoms with Crippen molar-refractivity contribution in [3.8, 4) is 17.5 Å². The van der Waals surface area contributed by atoms with Crippen LogP contribution in [0.3, 0.4) is 0 Å². The summed E-state index contributed by atoms with van der Waals surface area (Å²) in [5.41, 5.74) is 2.00. The predicted octanol–water partition coefficient (Wildman–Crippen LogP) is 5.26. The number of carbonyl (C=O) groups excluding carboxylic acids is 1. The van der Waals surface area contributed by atoms with E-state index in [9.17, 15) is 13.2 Å². The fraction of sp³-hybridized carbons (Fsp3) is 0.379. The van der Waals surface area contributed by atoms with Crippen LogP contribution in [0.25, 0.3) is 6.08 Å². The molecular formula is C29H32N4O6S. The Labute approximate surface area is 233 Å². The average Bonchev–Trinajstić information content (AvgIpc) is 3.41. The van der Waals surface area contributed by atoms with Crippen molar-refractivity contribution >= 4 is 22.0 Å². The molecule has 0 bridgehead atoms. The number of rotatable bonds is 8. The van der Waals surface area contributed by atoms with Gasteiger partial charge in [0.05, 0.1) is 27.2 Å². The first kappa shape index (κ1) is 27.6. The fourth-order valence-electron chi connectivity index (χ4n) is 5.14. The van der Waals surface area contributed by atoms with Crippen molar-refractivity contribution in [1.82, 2.24) is 19.9 Å². The van der Waals surface area contributed by atoms with Gasteiger partial charge in [0.2, 0.25) is 21.6 Å². The SMILES string of the molecule is Cc1ncccc1Oc1ncnc(O[C@H](C)CC2CCC(C)N2C(=O)OCC2=Cc3ccccc3S2(=O)=O)c1C. The number of benzene rings is 1. The van der Waals surface area contributed by atoms with Gasteiger partial charge < -0.3 is 19.1 Å². The second-order valence-electron chi connectivity index (χ2n) is 10.2. The van der Waals surface area contributed by atoms with Crippen LogP contribution in [0.1, 0.15) is 49.9 Å². The Kier molecular flexibility index (Phi) is 7.75. The third-order valence-electron chi connectivity index (χ3n) is 7.28. The van der Waals surface area contributed by atoms with Crippen LogP contribution in [0, 0.1) is 13.8 Å². The number of carbonyl (C=O) groups is 1. The lowest BCUT2D eigenvalue weighted by molar-refractivity contribution is 0.0819. The highest BCUT2D eigenvalue weighted by Crippen LogP contribution is 2.34. The molecule has 1 fully saturated rings. The normalized spacial score (nSPS) is 20.0. The second-order valence-corrected chi connectivity index (χ2v) is 12.1. The number of nitrogens with zero attached hydrogens (tertiary/aromatic N) is 4. The molecule has 10 nitrogen and oxygen atoms in total. The summed E-state index contributed by atoms with van der Waals surface area (Å²) < 4.78 is 43.3. The molecular weight excluding hydrogens is 532 g/mol.